The maximum atomic E-state index is 5.54. The third kappa shape index (κ3) is 4.57. The van der Waals surface area contributed by atoms with Crippen LogP contribution in [0.3, 0.4) is 0 Å². The molecule has 0 amide bonds. The number of rotatable bonds is 5. The van der Waals surface area contributed by atoms with Crippen LogP contribution in [0.1, 0.15) is 33.1 Å². The number of hydrogen-bond donors (Lipinski definition) is 1. The van der Waals surface area contributed by atoms with Crippen LogP contribution in [-0.4, -0.2) is 6.54 Å². The summed E-state index contributed by atoms with van der Waals surface area (Å²) in [5, 5.41) is 0. The van der Waals surface area contributed by atoms with Crippen molar-refractivity contribution in [2.24, 2.45) is 11.7 Å². The Morgan fingerprint density at radius 2 is 2.20 bits per heavy atom. The Hall–Kier alpha value is -0.300. The monoisotopic (exact) mass is 141 g/mol. The summed E-state index contributed by atoms with van der Waals surface area (Å²) >= 11 is 0. The van der Waals surface area contributed by atoms with E-state index in [4.69, 9.17) is 5.73 Å². The Labute approximate surface area is 64.3 Å². The molecule has 2 N–H and O–H groups in total. The first-order valence-electron chi connectivity index (χ1n) is 4.16. The van der Waals surface area contributed by atoms with E-state index in [0.717, 1.165) is 12.5 Å². The van der Waals surface area contributed by atoms with Gasteiger partial charge in [-0.25, -0.2) is 0 Å². The summed E-state index contributed by atoms with van der Waals surface area (Å²) in [7, 11) is 0. The highest BCUT2D eigenvalue weighted by atomic mass is 14.5. The van der Waals surface area contributed by atoms with E-state index in [0.29, 0.717) is 0 Å². The van der Waals surface area contributed by atoms with E-state index in [1.165, 1.54) is 19.3 Å². The van der Waals surface area contributed by atoms with Gasteiger partial charge in [-0.2, -0.15) is 0 Å². The molecule has 60 valence electrons. The summed E-state index contributed by atoms with van der Waals surface area (Å²) in [5.41, 5.74) is 5.54. The highest BCUT2D eigenvalue weighted by Gasteiger charge is 2.00. The zero-order valence-electron chi connectivity index (χ0n) is 7.14. The Morgan fingerprint density at radius 1 is 1.50 bits per heavy atom. The molecule has 0 saturated heterocycles. The van der Waals surface area contributed by atoms with Gasteiger partial charge in [0, 0.05) is 0 Å². The first-order chi connectivity index (χ1) is 4.85. The molecule has 0 rings (SSSR count). The molecule has 0 aromatic heterocycles. The molecular formula is C9H19N. The van der Waals surface area contributed by atoms with Crippen LogP contribution in [0.25, 0.3) is 0 Å². The van der Waals surface area contributed by atoms with Crippen molar-refractivity contribution in [2.75, 3.05) is 6.54 Å². The van der Waals surface area contributed by atoms with E-state index in [9.17, 15) is 0 Å². The molecular weight excluding hydrogens is 122 g/mol. The molecule has 0 aliphatic heterocycles. The van der Waals surface area contributed by atoms with Gasteiger partial charge in [0.05, 0.1) is 0 Å². The molecule has 1 atom stereocenters. The minimum absolute atomic E-state index is 0.733. The van der Waals surface area contributed by atoms with Crippen LogP contribution in [-0.2, 0) is 0 Å². The molecule has 0 saturated carbocycles. The summed E-state index contributed by atoms with van der Waals surface area (Å²) in [6, 6.07) is 0. The fourth-order valence-corrected chi connectivity index (χ4v) is 0.987. The Bertz CT molecular complexity index is 82.7. The minimum Gasteiger partial charge on any atom is -0.330 e. The lowest BCUT2D eigenvalue weighted by molar-refractivity contribution is 0.486. The molecule has 1 heteroatoms. The van der Waals surface area contributed by atoms with Gasteiger partial charge in [0.2, 0.25) is 0 Å². The fourth-order valence-electron chi connectivity index (χ4n) is 0.987. The van der Waals surface area contributed by atoms with E-state index in [1.807, 2.05) is 0 Å². The van der Waals surface area contributed by atoms with Crippen LogP contribution >= 0.6 is 0 Å². The molecule has 0 aliphatic rings. The van der Waals surface area contributed by atoms with E-state index < -0.39 is 0 Å². The summed E-state index contributed by atoms with van der Waals surface area (Å²) in [4.78, 5) is 0. The van der Waals surface area contributed by atoms with Gasteiger partial charge in [-0.15, -0.1) is 0 Å². The molecule has 0 radical (unpaired) electrons. The maximum absolute atomic E-state index is 5.54. The average Bonchev–Trinajstić information content (AvgIpc) is 1.99. The van der Waals surface area contributed by atoms with E-state index >= 15 is 0 Å². The highest BCUT2D eigenvalue weighted by Crippen LogP contribution is 2.08. The van der Waals surface area contributed by atoms with Crippen molar-refractivity contribution in [3.63, 3.8) is 0 Å². The quantitative estimate of drug-likeness (QED) is 0.584. The van der Waals surface area contributed by atoms with Gasteiger partial charge < -0.3 is 5.73 Å². The lowest BCUT2D eigenvalue weighted by Gasteiger charge is -2.08. The molecule has 0 aromatic carbocycles. The van der Waals surface area contributed by atoms with Crippen molar-refractivity contribution in [1.82, 2.24) is 0 Å². The molecule has 0 heterocycles. The van der Waals surface area contributed by atoms with Crippen molar-refractivity contribution >= 4 is 0 Å². The summed E-state index contributed by atoms with van der Waals surface area (Å²) in [5.74, 6) is 0.733. The third-order valence-corrected chi connectivity index (χ3v) is 1.89. The maximum Gasteiger partial charge on any atom is -0.00489 e. The van der Waals surface area contributed by atoms with Gasteiger partial charge in [-0.1, -0.05) is 25.5 Å². The minimum atomic E-state index is 0.733. The first kappa shape index (κ1) is 9.70. The van der Waals surface area contributed by atoms with Crippen molar-refractivity contribution in [1.29, 1.82) is 0 Å². The average molecular weight is 141 g/mol. The van der Waals surface area contributed by atoms with Gasteiger partial charge in [-0.3, -0.25) is 0 Å². The smallest absolute Gasteiger partial charge is 0.00489 e. The van der Waals surface area contributed by atoms with Crippen molar-refractivity contribution < 1.29 is 0 Å². The van der Waals surface area contributed by atoms with Crippen LogP contribution in [0.5, 0.6) is 0 Å². The molecule has 0 aliphatic carbocycles. The summed E-state index contributed by atoms with van der Waals surface area (Å²) in [6.07, 6.45) is 7.96. The van der Waals surface area contributed by atoms with Crippen LogP contribution in [0, 0.1) is 5.92 Å². The van der Waals surface area contributed by atoms with Crippen molar-refractivity contribution in [2.45, 2.75) is 33.1 Å². The normalized spacial score (nSPS) is 14.3. The zero-order valence-corrected chi connectivity index (χ0v) is 7.14. The highest BCUT2D eigenvalue weighted by molar-refractivity contribution is 4.77. The van der Waals surface area contributed by atoms with Gasteiger partial charge in [0.15, 0.2) is 0 Å². The molecule has 1 unspecified atom stereocenters. The summed E-state index contributed by atoms with van der Waals surface area (Å²) < 4.78 is 0. The Morgan fingerprint density at radius 3 is 2.60 bits per heavy atom. The predicted octanol–water partition coefficient (Wildman–Crippen LogP) is 2.33. The van der Waals surface area contributed by atoms with Gasteiger partial charge in [0.25, 0.3) is 0 Å². The topological polar surface area (TPSA) is 26.0 Å². The standard InChI is InChI=1S/C9H19N/c1-3-5-6-7-9(4-2)8-10/h3,5,9H,4,6-8,10H2,1-2H3/b5-3-. The largest absolute Gasteiger partial charge is 0.330 e. The first-order valence-corrected chi connectivity index (χ1v) is 4.16. The molecule has 1 nitrogen and oxygen atoms in total. The van der Waals surface area contributed by atoms with E-state index in [2.05, 4.69) is 26.0 Å². The Balaban J connectivity index is 3.25. The summed E-state index contributed by atoms with van der Waals surface area (Å²) in [6.45, 7) is 5.10. The number of allylic oxidation sites excluding steroid dienone is 2. The number of hydrogen-bond acceptors (Lipinski definition) is 1. The molecule has 10 heavy (non-hydrogen) atoms. The SMILES string of the molecule is C/C=C\CCC(CC)CN. The predicted molar refractivity (Wildman–Crippen MR) is 46.9 cm³/mol. The molecule has 0 bridgehead atoms. The van der Waals surface area contributed by atoms with Crippen LogP contribution < -0.4 is 5.73 Å². The zero-order chi connectivity index (χ0) is 7.82. The molecule has 0 fully saturated rings. The lowest BCUT2D eigenvalue weighted by Crippen LogP contribution is -2.12. The van der Waals surface area contributed by atoms with Gasteiger partial charge in [-0.05, 0) is 32.2 Å². The molecule has 0 aromatic rings. The van der Waals surface area contributed by atoms with E-state index in [-0.39, 0.29) is 0 Å². The third-order valence-electron chi connectivity index (χ3n) is 1.89. The second-order valence-electron chi connectivity index (χ2n) is 2.66. The Kier molecular flexibility index (Phi) is 6.61. The second-order valence-corrected chi connectivity index (χ2v) is 2.66. The van der Waals surface area contributed by atoms with Crippen LogP contribution in [0.4, 0.5) is 0 Å². The van der Waals surface area contributed by atoms with Crippen molar-refractivity contribution in [3.8, 4) is 0 Å². The van der Waals surface area contributed by atoms with Gasteiger partial charge in [0.1, 0.15) is 0 Å². The van der Waals surface area contributed by atoms with Gasteiger partial charge >= 0.3 is 0 Å². The second kappa shape index (κ2) is 6.81. The molecule has 0 spiro atoms. The van der Waals surface area contributed by atoms with Crippen molar-refractivity contribution in [3.05, 3.63) is 12.2 Å². The number of nitrogens with two attached hydrogens (primary N) is 1. The fraction of sp³-hybridized carbons (Fsp3) is 0.778. The van der Waals surface area contributed by atoms with E-state index in [1.54, 1.807) is 0 Å². The van der Waals surface area contributed by atoms with Crippen LogP contribution in [0.15, 0.2) is 12.2 Å². The lowest BCUT2D eigenvalue weighted by atomic mass is 10.0. The van der Waals surface area contributed by atoms with Crippen LogP contribution in [0.2, 0.25) is 0 Å².